The molecule has 0 saturated heterocycles. The molecule has 0 fully saturated rings. The summed E-state index contributed by atoms with van der Waals surface area (Å²) in [6.07, 6.45) is 1.24. The van der Waals surface area contributed by atoms with Crippen LogP contribution in [0, 0.1) is 0 Å². The normalized spacial score (nSPS) is 9.43. The molecule has 0 unspecified atom stereocenters. The van der Waals surface area contributed by atoms with Crippen LogP contribution in [-0.2, 0) is 16.1 Å². The highest BCUT2D eigenvalue weighted by molar-refractivity contribution is 5.68. The predicted octanol–water partition coefficient (Wildman–Crippen LogP) is -0.453. The highest BCUT2D eigenvalue weighted by atomic mass is 16.5. The molecule has 0 aromatic carbocycles. The second kappa shape index (κ2) is 4.85. The zero-order chi connectivity index (χ0) is 10.4. The minimum atomic E-state index is -0.831. The van der Waals surface area contributed by atoms with Crippen molar-refractivity contribution in [2.75, 3.05) is 11.9 Å². The molecule has 0 aliphatic rings. The van der Waals surface area contributed by atoms with Crippen LogP contribution in [0.4, 0.5) is 10.6 Å². The van der Waals surface area contributed by atoms with E-state index in [1.54, 1.807) is 6.07 Å². The average Bonchev–Trinajstić information content (AvgIpc) is 2.53. The maximum absolute atomic E-state index is 10.2. The van der Waals surface area contributed by atoms with E-state index in [9.17, 15) is 9.59 Å². The number of primary amides is 1. The number of hydrogen-bond acceptors (Lipinski definition) is 4. The lowest BCUT2D eigenvalue weighted by Crippen LogP contribution is -2.18. The number of carbonyl (C=O) groups excluding carboxylic acids is 2. The molecule has 1 rings (SSSR count). The molecule has 0 aliphatic carbocycles. The van der Waals surface area contributed by atoms with Crippen LogP contribution in [0.5, 0.6) is 0 Å². The van der Waals surface area contributed by atoms with E-state index in [2.05, 4.69) is 15.2 Å². The standard InChI is InChI=1S/C7H10N4O3/c8-7(13)14-4-3-11-6(9-5-12)1-2-10-11/h1-2,5H,3-4H2,(H2,8,13)(H,9,12). The fraction of sp³-hybridized carbons (Fsp3) is 0.286. The van der Waals surface area contributed by atoms with Gasteiger partial charge in [0, 0.05) is 6.07 Å². The second-order valence-electron chi connectivity index (χ2n) is 2.37. The number of rotatable bonds is 5. The van der Waals surface area contributed by atoms with Crippen molar-refractivity contribution in [2.45, 2.75) is 6.54 Å². The Hall–Kier alpha value is -2.05. The summed E-state index contributed by atoms with van der Waals surface area (Å²) >= 11 is 0. The van der Waals surface area contributed by atoms with E-state index < -0.39 is 6.09 Å². The fourth-order valence-corrected chi connectivity index (χ4v) is 0.927. The number of nitrogens with two attached hydrogens (primary N) is 1. The molecule has 0 radical (unpaired) electrons. The highest BCUT2D eigenvalue weighted by Crippen LogP contribution is 2.03. The van der Waals surface area contributed by atoms with Gasteiger partial charge in [-0.05, 0) is 0 Å². The molecular weight excluding hydrogens is 188 g/mol. The maximum Gasteiger partial charge on any atom is 0.404 e. The van der Waals surface area contributed by atoms with Crippen LogP contribution in [0.15, 0.2) is 12.3 Å². The SMILES string of the molecule is NC(=O)OCCn1nccc1NC=O. The van der Waals surface area contributed by atoms with Crippen molar-refractivity contribution in [1.82, 2.24) is 9.78 Å². The van der Waals surface area contributed by atoms with E-state index in [1.165, 1.54) is 10.9 Å². The van der Waals surface area contributed by atoms with Crippen LogP contribution < -0.4 is 11.1 Å². The molecule has 0 aliphatic heterocycles. The van der Waals surface area contributed by atoms with Gasteiger partial charge < -0.3 is 15.8 Å². The smallest absolute Gasteiger partial charge is 0.404 e. The Labute approximate surface area is 79.8 Å². The molecule has 0 atom stereocenters. The maximum atomic E-state index is 10.2. The molecule has 2 amide bonds. The number of aromatic nitrogens is 2. The molecule has 14 heavy (non-hydrogen) atoms. The molecular formula is C7H10N4O3. The number of nitrogens with zero attached hydrogens (tertiary/aromatic N) is 2. The Bertz CT molecular complexity index is 322. The zero-order valence-corrected chi connectivity index (χ0v) is 7.34. The summed E-state index contributed by atoms with van der Waals surface area (Å²) in [5, 5.41) is 6.34. The van der Waals surface area contributed by atoms with Crippen molar-refractivity contribution >= 4 is 18.3 Å². The topological polar surface area (TPSA) is 99.2 Å². The largest absolute Gasteiger partial charge is 0.448 e. The number of carbonyl (C=O) groups is 2. The molecule has 1 aromatic rings. The van der Waals surface area contributed by atoms with E-state index in [1.807, 2.05) is 0 Å². The van der Waals surface area contributed by atoms with E-state index in [0.29, 0.717) is 18.8 Å². The fourth-order valence-electron chi connectivity index (χ4n) is 0.927. The van der Waals surface area contributed by atoms with Gasteiger partial charge in [0.1, 0.15) is 12.4 Å². The van der Waals surface area contributed by atoms with Crippen LogP contribution in [0.25, 0.3) is 0 Å². The van der Waals surface area contributed by atoms with Gasteiger partial charge in [0.05, 0.1) is 12.7 Å². The first-order valence-electron chi connectivity index (χ1n) is 3.88. The van der Waals surface area contributed by atoms with Crippen LogP contribution in [0.1, 0.15) is 0 Å². The molecule has 0 bridgehead atoms. The second-order valence-corrected chi connectivity index (χ2v) is 2.37. The molecule has 1 aromatic heterocycles. The monoisotopic (exact) mass is 198 g/mol. The quantitative estimate of drug-likeness (QED) is 0.625. The van der Waals surface area contributed by atoms with Gasteiger partial charge in [0.15, 0.2) is 0 Å². The first kappa shape index (κ1) is 10.0. The van der Waals surface area contributed by atoms with Crippen LogP contribution >= 0.6 is 0 Å². The third-order valence-corrected chi connectivity index (χ3v) is 1.47. The van der Waals surface area contributed by atoms with Crippen LogP contribution in [0.3, 0.4) is 0 Å². The van der Waals surface area contributed by atoms with Crippen molar-refractivity contribution < 1.29 is 14.3 Å². The van der Waals surface area contributed by atoms with Gasteiger partial charge in [0.2, 0.25) is 6.41 Å². The Kier molecular flexibility index (Phi) is 3.48. The molecule has 3 N–H and O–H groups in total. The molecule has 1 heterocycles. The molecule has 0 saturated carbocycles. The molecule has 7 heteroatoms. The van der Waals surface area contributed by atoms with E-state index >= 15 is 0 Å². The van der Waals surface area contributed by atoms with Gasteiger partial charge in [-0.2, -0.15) is 5.10 Å². The number of ether oxygens (including phenoxy) is 1. The van der Waals surface area contributed by atoms with Gasteiger partial charge in [-0.25, -0.2) is 9.48 Å². The Morgan fingerprint density at radius 3 is 3.21 bits per heavy atom. The van der Waals surface area contributed by atoms with Crippen LogP contribution in [0.2, 0.25) is 0 Å². The summed E-state index contributed by atoms with van der Waals surface area (Å²) in [4.78, 5) is 20.4. The third kappa shape index (κ3) is 2.77. The van der Waals surface area contributed by atoms with E-state index in [-0.39, 0.29) is 6.61 Å². The predicted molar refractivity (Wildman–Crippen MR) is 47.4 cm³/mol. The summed E-state index contributed by atoms with van der Waals surface area (Å²) in [6.45, 7) is 0.455. The summed E-state index contributed by atoms with van der Waals surface area (Å²) in [5.74, 6) is 0.535. The lowest BCUT2D eigenvalue weighted by atomic mass is 10.6. The average molecular weight is 198 g/mol. The molecule has 7 nitrogen and oxygen atoms in total. The third-order valence-electron chi connectivity index (χ3n) is 1.47. The Balaban J connectivity index is 2.45. The number of anilines is 1. The minimum absolute atomic E-state index is 0.116. The van der Waals surface area contributed by atoms with Gasteiger partial charge in [-0.3, -0.25) is 4.79 Å². The van der Waals surface area contributed by atoms with Crippen molar-refractivity contribution in [1.29, 1.82) is 0 Å². The summed E-state index contributed by atoms with van der Waals surface area (Å²) in [7, 11) is 0. The summed E-state index contributed by atoms with van der Waals surface area (Å²) in [5.41, 5.74) is 4.77. The first-order chi connectivity index (χ1) is 6.74. The zero-order valence-electron chi connectivity index (χ0n) is 7.34. The van der Waals surface area contributed by atoms with Crippen LogP contribution in [-0.4, -0.2) is 28.9 Å². The number of hydrogen-bond donors (Lipinski definition) is 2. The summed E-state index contributed by atoms with van der Waals surface area (Å²) in [6, 6.07) is 1.62. The van der Waals surface area contributed by atoms with Gasteiger partial charge in [-0.1, -0.05) is 0 Å². The van der Waals surface area contributed by atoms with Crippen molar-refractivity contribution in [2.24, 2.45) is 5.73 Å². The van der Waals surface area contributed by atoms with Gasteiger partial charge >= 0.3 is 6.09 Å². The number of nitrogens with one attached hydrogen (secondary N) is 1. The van der Waals surface area contributed by atoms with E-state index in [4.69, 9.17) is 5.73 Å². The highest BCUT2D eigenvalue weighted by Gasteiger charge is 2.01. The Morgan fingerprint density at radius 2 is 2.57 bits per heavy atom. The molecule has 76 valence electrons. The van der Waals surface area contributed by atoms with Crippen molar-refractivity contribution in [3.05, 3.63) is 12.3 Å². The van der Waals surface area contributed by atoms with E-state index in [0.717, 1.165) is 0 Å². The van der Waals surface area contributed by atoms with Gasteiger partial charge in [0.25, 0.3) is 0 Å². The lowest BCUT2D eigenvalue weighted by Gasteiger charge is -2.05. The molecule has 0 spiro atoms. The first-order valence-corrected chi connectivity index (χ1v) is 3.88. The van der Waals surface area contributed by atoms with Crippen molar-refractivity contribution in [3.8, 4) is 0 Å². The lowest BCUT2D eigenvalue weighted by molar-refractivity contribution is -0.105. The summed E-state index contributed by atoms with van der Waals surface area (Å²) < 4.78 is 5.99. The van der Waals surface area contributed by atoms with Crippen molar-refractivity contribution in [3.63, 3.8) is 0 Å². The van der Waals surface area contributed by atoms with Gasteiger partial charge in [-0.15, -0.1) is 0 Å². The number of amides is 2. The Morgan fingerprint density at radius 1 is 1.79 bits per heavy atom. The minimum Gasteiger partial charge on any atom is -0.448 e.